The van der Waals surface area contributed by atoms with Gasteiger partial charge in [0.05, 0.1) is 6.54 Å². The number of nitrogens with one attached hydrogen (secondary N) is 2. The normalized spacial score (nSPS) is 17.4. The van der Waals surface area contributed by atoms with E-state index in [4.69, 9.17) is 0 Å². The van der Waals surface area contributed by atoms with Gasteiger partial charge in [0, 0.05) is 38.6 Å². The molecule has 0 fully saturated rings. The second kappa shape index (κ2) is 8.85. The zero-order valence-electron chi connectivity index (χ0n) is 18.8. The van der Waals surface area contributed by atoms with Crippen LogP contribution >= 0.6 is 0 Å². The predicted octanol–water partition coefficient (Wildman–Crippen LogP) is 1.68. The van der Waals surface area contributed by atoms with E-state index in [2.05, 4.69) is 20.7 Å². The molecule has 3 aromatic rings. The fourth-order valence-corrected chi connectivity index (χ4v) is 3.69. The first-order valence-corrected chi connectivity index (χ1v) is 10.6. The van der Waals surface area contributed by atoms with Crippen LogP contribution in [0.3, 0.4) is 0 Å². The third-order valence-corrected chi connectivity index (χ3v) is 5.97. The van der Waals surface area contributed by atoms with E-state index in [9.17, 15) is 14.4 Å². The molecule has 3 heterocycles. The summed E-state index contributed by atoms with van der Waals surface area (Å²) in [5, 5.41) is 10.0. The van der Waals surface area contributed by atoms with Crippen molar-refractivity contribution in [1.82, 2.24) is 30.3 Å². The summed E-state index contributed by atoms with van der Waals surface area (Å²) in [6, 6.07) is 13.0. The minimum atomic E-state index is -1.15. The molecule has 9 heteroatoms. The van der Waals surface area contributed by atoms with Crippen molar-refractivity contribution in [2.75, 3.05) is 7.05 Å². The molecule has 1 aliphatic heterocycles. The van der Waals surface area contributed by atoms with Crippen molar-refractivity contribution in [2.24, 2.45) is 0 Å². The minimum Gasteiger partial charge on any atom is -0.350 e. The molecule has 0 aliphatic carbocycles. The topological polar surface area (TPSA) is 109 Å². The summed E-state index contributed by atoms with van der Waals surface area (Å²) in [6.07, 6.45) is 3.32. The number of fused-ring (bicyclic) bond motifs is 1. The molecule has 4 rings (SSSR count). The summed E-state index contributed by atoms with van der Waals surface area (Å²) in [7, 11) is 1.59. The average molecular weight is 447 g/mol. The van der Waals surface area contributed by atoms with E-state index in [1.165, 1.54) is 15.6 Å². The average Bonchev–Trinajstić information content (AvgIpc) is 3.25. The lowest BCUT2D eigenvalue weighted by atomic mass is 9.95. The quantitative estimate of drug-likeness (QED) is 0.599. The van der Waals surface area contributed by atoms with Gasteiger partial charge in [0.1, 0.15) is 11.2 Å². The van der Waals surface area contributed by atoms with Gasteiger partial charge in [0.2, 0.25) is 5.91 Å². The van der Waals surface area contributed by atoms with Crippen LogP contribution in [-0.2, 0) is 24.4 Å². The highest BCUT2D eigenvalue weighted by molar-refractivity contribution is 6.01. The van der Waals surface area contributed by atoms with Crippen molar-refractivity contribution >= 4 is 17.7 Å². The number of benzene rings is 1. The Labute approximate surface area is 191 Å². The van der Waals surface area contributed by atoms with Gasteiger partial charge in [-0.3, -0.25) is 24.0 Å². The maximum Gasteiger partial charge on any atom is 0.272 e. The predicted molar refractivity (Wildman–Crippen MR) is 121 cm³/mol. The van der Waals surface area contributed by atoms with Crippen molar-refractivity contribution < 1.29 is 14.4 Å². The maximum absolute atomic E-state index is 13.1. The van der Waals surface area contributed by atoms with Crippen LogP contribution in [0.15, 0.2) is 54.9 Å². The second-order valence-electron chi connectivity index (χ2n) is 8.42. The number of pyridine rings is 1. The second-order valence-corrected chi connectivity index (χ2v) is 8.42. The third-order valence-electron chi connectivity index (χ3n) is 5.97. The number of aromatic nitrogens is 3. The monoisotopic (exact) mass is 446 g/mol. The molecule has 0 spiro atoms. The van der Waals surface area contributed by atoms with Crippen molar-refractivity contribution in [2.45, 2.75) is 39.0 Å². The van der Waals surface area contributed by atoms with Gasteiger partial charge in [-0.1, -0.05) is 35.9 Å². The Morgan fingerprint density at radius 1 is 1.09 bits per heavy atom. The van der Waals surface area contributed by atoms with Crippen LogP contribution < -0.4 is 10.6 Å². The molecule has 1 aromatic carbocycles. The van der Waals surface area contributed by atoms with E-state index >= 15 is 0 Å². The summed E-state index contributed by atoms with van der Waals surface area (Å²) in [5.74, 6) is -1.06. The first-order chi connectivity index (χ1) is 15.8. The van der Waals surface area contributed by atoms with Crippen LogP contribution in [0.2, 0.25) is 0 Å². The molecule has 0 saturated heterocycles. The van der Waals surface area contributed by atoms with Gasteiger partial charge >= 0.3 is 0 Å². The zero-order valence-corrected chi connectivity index (χ0v) is 18.8. The Morgan fingerprint density at radius 3 is 2.52 bits per heavy atom. The summed E-state index contributed by atoms with van der Waals surface area (Å²) < 4.78 is 1.44. The van der Waals surface area contributed by atoms with Crippen LogP contribution in [0.4, 0.5) is 0 Å². The van der Waals surface area contributed by atoms with Gasteiger partial charge in [-0.05, 0) is 31.0 Å². The number of carbonyl (C=O) groups excluding carboxylic acids is 3. The van der Waals surface area contributed by atoms with Gasteiger partial charge in [-0.25, -0.2) is 0 Å². The number of rotatable bonds is 6. The first-order valence-electron chi connectivity index (χ1n) is 10.6. The third kappa shape index (κ3) is 4.48. The van der Waals surface area contributed by atoms with Gasteiger partial charge < -0.3 is 15.5 Å². The number of amides is 3. The lowest BCUT2D eigenvalue weighted by molar-refractivity contribution is -0.132. The number of hydrogen-bond acceptors (Lipinski definition) is 5. The maximum atomic E-state index is 13.1. The van der Waals surface area contributed by atoms with Crippen molar-refractivity contribution in [3.63, 3.8) is 0 Å². The van der Waals surface area contributed by atoms with Crippen LogP contribution in [0.5, 0.6) is 0 Å². The largest absolute Gasteiger partial charge is 0.350 e. The molecule has 1 unspecified atom stereocenters. The van der Waals surface area contributed by atoms with E-state index in [0.29, 0.717) is 13.1 Å². The molecular weight excluding hydrogens is 420 g/mol. The van der Waals surface area contributed by atoms with Gasteiger partial charge in [-0.15, -0.1) is 0 Å². The summed E-state index contributed by atoms with van der Waals surface area (Å²) in [4.78, 5) is 44.1. The van der Waals surface area contributed by atoms with E-state index in [1.807, 2.05) is 37.3 Å². The fourth-order valence-electron chi connectivity index (χ4n) is 3.69. The van der Waals surface area contributed by atoms with E-state index in [0.717, 1.165) is 16.7 Å². The highest BCUT2D eigenvalue weighted by Gasteiger charge is 2.46. The number of aryl methyl sites for hydroxylation is 1. The number of hydrogen-bond donors (Lipinski definition) is 2. The molecule has 2 aromatic heterocycles. The van der Waals surface area contributed by atoms with E-state index in [-0.39, 0.29) is 29.7 Å². The molecular formula is C24H26N6O3. The van der Waals surface area contributed by atoms with Crippen LogP contribution in [-0.4, -0.2) is 50.0 Å². The number of nitrogens with zero attached hydrogens (tertiary/aromatic N) is 4. The van der Waals surface area contributed by atoms with Gasteiger partial charge in [0.15, 0.2) is 5.69 Å². The molecule has 2 N–H and O–H groups in total. The number of carbonyl (C=O) groups is 3. The van der Waals surface area contributed by atoms with Crippen LogP contribution in [0.1, 0.15) is 44.6 Å². The first kappa shape index (κ1) is 22.2. The molecule has 170 valence electrons. The Balaban J connectivity index is 1.47. The van der Waals surface area contributed by atoms with E-state index < -0.39 is 11.4 Å². The van der Waals surface area contributed by atoms with E-state index in [1.54, 1.807) is 32.4 Å². The SMILES string of the molecule is Cc1ccc(CNC(=O)C2(C)Cn3nc(C(=O)NCc4cccnc4)cc3C(=O)N2C)cc1. The highest BCUT2D eigenvalue weighted by atomic mass is 16.2. The Morgan fingerprint density at radius 2 is 1.82 bits per heavy atom. The lowest BCUT2D eigenvalue weighted by Crippen LogP contribution is -2.62. The molecule has 0 saturated carbocycles. The highest BCUT2D eigenvalue weighted by Crippen LogP contribution is 2.26. The van der Waals surface area contributed by atoms with Crippen molar-refractivity contribution in [3.8, 4) is 0 Å². The molecule has 1 atom stereocenters. The molecule has 1 aliphatic rings. The van der Waals surface area contributed by atoms with Crippen molar-refractivity contribution in [3.05, 3.63) is 82.9 Å². The standard InChI is InChI=1S/C24H26N6O3/c1-16-6-8-17(9-7-16)13-27-23(33)24(2)15-30-20(22(32)29(24)3)11-19(28-30)21(31)26-14-18-5-4-10-25-12-18/h4-12H,13-15H2,1-3H3,(H,26,31)(H,27,33). The Kier molecular flexibility index (Phi) is 5.95. The molecule has 0 bridgehead atoms. The Hall–Kier alpha value is -4.01. The summed E-state index contributed by atoms with van der Waals surface area (Å²) >= 11 is 0. The van der Waals surface area contributed by atoms with Crippen LogP contribution in [0, 0.1) is 6.92 Å². The molecule has 9 nitrogen and oxygen atoms in total. The Bertz CT molecular complexity index is 1190. The number of likely N-dealkylation sites (N-methyl/N-ethyl adjacent to an activating group) is 1. The smallest absolute Gasteiger partial charge is 0.272 e. The van der Waals surface area contributed by atoms with Gasteiger partial charge in [-0.2, -0.15) is 5.10 Å². The van der Waals surface area contributed by atoms with Gasteiger partial charge in [0.25, 0.3) is 11.8 Å². The van der Waals surface area contributed by atoms with Crippen LogP contribution in [0.25, 0.3) is 0 Å². The molecule has 3 amide bonds. The zero-order chi connectivity index (χ0) is 23.6. The fraction of sp³-hybridized carbons (Fsp3) is 0.292. The summed E-state index contributed by atoms with van der Waals surface area (Å²) in [5.41, 5.74) is 2.21. The molecule has 33 heavy (non-hydrogen) atoms. The minimum absolute atomic E-state index is 0.125. The molecule has 0 radical (unpaired) electrons. The summed E-state index contributed by atoms with van der Waals surface area (Å²) in [6.45, 7) is 4.48. The lowest BCUT2D eigenvalue weighted by Gasteiger charge is -2.40. The van der Waals surface area contributed by atoms with Crippen molar-refractivity contribution in [1.29, 1.82) is 0 Å².